The highest BCUT2D eigenvalue weighted by molar-refractivity contribution is 6.42. The standard InChI is InChI=1S/C35H39Cl2N5O2/c1-2-25-8-3-4-9-28-29(35(44)39-19-24-11-14-30(36)31(37)18-24)22-41(34(25)28)16-7-17-42-26-12-13-27(42)21-40(20-26)23-33(43)32-10-5-6-15-38-32/h3-6,9-11,14-15,18,22,26-27H,2,7-8,12-13,16-17,19-21,23H2,1H3,(H,39,44). The van der Waals surface area contributed by atoms with E-state index in [0.29, 0.717) is 46.5 Å². The Balaban J connectivity index is 1.12. The summed E-state index contributed by atoms with van der Waals surface area (Å²) in [6, 6.07) is 11.9. The number of hydrogen-bond donors (Lipinski definition) is 1. The Morgan fingerprint density at radius 2 is 1.86 bits per heavy atom. The van der Waals surface area contributed by atoms with Gasteiger partial charge in [-0.05, 0) is 67.5 Å². The van der Waals surface area contributed by atoms with Crippen molar-refractivity contribution in [1.29, 1.82) is 0 Å². The van der Waals surface area contributed by atoms with Gasteiger partial charge in [-0.15, -0.1) is 0 Å². The molecule has 2 saturated heterocycles. The summed E-state index contributed by atoms with van der Waals surface area (Å²) in [4.78, 5) is 35.5. The van der Waals surface area contributed by atoms with E-state index in [1.165, 1.54) is 23.8 Å². The average Bonchev–Trinajstić information content (AvgIpc) is 3.39. The van der Waals surface area contributed by atoms with Gasteiger partial charge in [-0.1, -0.05) is 60.5 Å². The van der Waals surface area contributed by atoms with E-state index >= 15 is 0 Å². The molecule has 1 amide bonds. The molecule has 44 heavy (non-hydrogen) atoms. The number of aromatic nitrogens is 2. The number of nitrogens with zero attached hydrogens (tertiary/aromatic N) is 4. The number of aryl methyl sites for hydroxylation is 1. The van der Waals surface area contributed by atoms with Gasteiger partial charge in [0, 0.05) is 67.8 Å². The predicted molar refractivity (Wildman–Crippen MR) is 176 cm³/mol. The molecule has 0 radical (unpaired) electrons. The van der Waals surface area contributed by atoms with Gasteiger partial charge in [0.1, 0.15) is 5.69 Å². The van der Waals surface area contributed by atoms with Crippen molar-refractivity contribution < 1.29 is 9.59 Å². The molecule has 0 spiro atoms. The molecule has 1 aliphatic carbocycles. The average molecular weight is 633 g/mol. The highest BCUT2D eigenvalue weighted by Crippen LogP contribution is 2.30. The molecule has 2 fully saturated rings. The largest absolute Gasteiger partial charge is 0.348 e. The normalized spacial score (nSPS) is 19.8. The molecule has 1 N–H and O–H groups in total. The Morgan fingerprint density at radius 3 is 2.59 bits per heavy atom. The Hall–Kier alpha value is -3.23. The first-order valence-corrected chi connectivity index (χ1v) is 16.4. The zero-order chi connectivity index (χ0) is 30.6. The zero-order valence-electron chi connectivity index (χ0n) is 25.1. The molecule has 230 valence electrons. The van der Waals surface area contributed by atoms with Crippen LogP contribution in [0.2, 0.25) is 10.0 Å². The number of likely N-dealkylation sites (tertiary alicyclic amines) is 1. The van der Waals surface area contributed by atoms with Crippen molar-refractivity contribution in [2.24, 2.45) is 0 Å². The maximum absolute atomic E-state index is 13.5. The number of fused-ring (bicyclic) bond motifs is 3. The molecule has 7 nitrogen and oxygen atoms in total. The van der Waals surface area contributed by atoms with Crippen molar-refractivity contribution in [3.8, 4) is 0 Å². The fourth-order valence-corrected chi connectivity index (χ4v) is 7.33. The number of Topliss-reactive ketones (excluding diaryl/α,β-unsaturated/α-hetero) is 1. The Labute approximate surface area is 268 Å². The van der Waals surface area contributed by atoms with Gasteiger partial charge in [0.15, 0.2) is 5.78 Å². The minimum absolute atomic E-state index is 0.0949. The van der Waals surface area contributed by atoms with Crippen LogP contribution < -0.4 is 15.9 Å². The van der Waals surface area contributed by atoms with Crippen LogP contribution in [-0.4, -0.2) is 69.3 Å². The second-order valence-corrected chi connectivity index (χ2v) is 12.8. The van der Waals surface area contributed by atoms with Crippen LogP contribution in [-0.2, 0) is 13.1 Å². The van der Waals surface area contributed by atoms with Crippen molar-refractivity contribution >= 4 is 46.5 Å². The van der Waals surface area contributed by atoms with Gasteiger partial charge in [-0.25, -0.2) is 0 Å². The molecular formula is C35H39Cl2N5O2. The molecule has 9 heteroatoms. The van der Waals surface area contributed by atoms with Crippen molar-refractivity contribution in [1.82, 2.24) is 24.7 Å². The van der Waals surface area contributed by atoms with E-state index in [9.17, 15) is 9.59 Å². The lowest BCUT2D eigenvalue weighted by atomic mass is 10.1. The van der Waals surface area contributed by atoms with Crippen LogP contribution in [0.25, 0.3) is 11.6 Å². The number of benzene rings is 1. The quantitative estimate of drug-likeness (QED) is 0.307. The van der Waals surface area contributed by atoms with E-state index in [0.717, 1.165) is 56.2 Å². The summed E-state index contributed by atoms with van der Waals surface area (Å²) in [5, 5.41) is 6.24. The monoisotopic (exact) mass is 631 g/mol. The van der Waals surface area contributed by atoms with Crippen LogP contribution in [0, 0.1) is 0 Å². The first-order valence-electron chi connectivity index (χ1n) is 15.6. The Morgan fingerprint density at radius 1 is 1.05 bits per heavy atom. The maximum Gasteiger partial charge on any atom is 0.253 e. The number of amides is 1. The molecule has 1 aromatic carbocycles. The van der Waals surface area contributed by atoms with Crippen molar-refractivity contribution in [3.05, 3.63) is 98.4 Å². The predicted octanol–water partition coefficient (Wildman–Crippen LogP) is 4.84. The topological polar surface area (TPSA) is 70.5 Å². The van der Waals surface area contributed by atoms with Gasteiger partial charge in [-0.3, -0.25) is 24.4 Å². The summed E-state index contributed by atoms with van der Waals surface area (Å²) < 4.78 is 2.30. The Kier molecular flexibility index (Phi) is 9.67. The minimum Gasteiger partial charge on any atom is -0.348 e. The molecule has 3 aromatic rings. The second kappa shape index (κ2) is 13.8. The second-order valence-electron chi connectivity index (χ2n) is 12.0. The van der Waals surface area contributed by atoms with Gasteiger partial charge < -0.3 is 9.88 Å². The van der Waals surface area contributed by atoms with Gasteiger partial charge in [0.25, 0.3) is 5.91 Å². The SMILES string of the molecule is CCC1=c2c(c(C(=O)NCc3ccc(Cl)c(Cl)c3)cn2CCCN2C3CCC2CN(CC(=O)c2ccccn2)C3)=CC=CC1. The molecule has 2 atom stereocenters. The van der Waals surface area contributed by atoms with Crippen molar-refractivity contribution in [3.63, 3.8) is 0 Å². The molecule has 6 rings (SSSR count). The summed E-state index contributed by atoms with van der Waals surface area (Å²) in [6.45, 7) is 6.69. The first kappa shape index (κ1) is 30.8. The van der Waals surface area contributed by atoms with Crippen LogP contribution >= 0.6 is 23.2 Å². The molecule has 2 aromatic heterocycles. The zero-order valence-corrected chi connectivity index (χ0v) is 26.7. The number of piperazine rings is 1. The maximum atomic E-state index is 13.5. The summed E-state index contributed by atoms with van der Waals surface area (Å²) >= 11 is 12.3. The van der Waals surface area contributed by atoms with Crippen LogP contribution in [0.1, 0.15) is 65.4 Å². The third-order valence-electron chi connectivity index (χ3n) is 9.17. The van der Waals surface area contributed by atoms with Crippen molar-refractivity contribution in [2.45, 2.75) is 64.2 Å². The number of halogens is 2. The third-order valence-corrected chi connectivity index (χ3v) is 9.91. The smallest absolute Gasteiger partial charge is 0.253 e. The lowest BCUT2D eigenvalue weighted by Gasteiger charge is -2.40. The summed E-state index contributed by atoms with van der Waals surface area (Å²) in [7, 11) is 0. The highest BCUT2D eigenvalue weighted by atomic mass is 35.5. The fraction of sp³-hybridized carbons (Fsp3) is 0.400. The van der Waals surface area contributed by atoms with Crippen LogP contribution in [0.4, 0.5) is 0 Å². The number of hydrogen-bond acceptors (Lipinski definition) is 5. The van der Waals surface area contributed by atoms with E-state index in [1.807, 2.05) is 24.4 Å². The van der Waals surface area contributed by atoms with E-state index < -0.39 is 0 Å². The summed E-state index contributed by atoms with van der Waals surface area (Å²) in [5.41, 5.74) is 3.49. The van der Waals surface area contributed by atoms with Gasteiger partial charge >= 0.3 is 0 Å². The number of rotatable bonds is 11. The Bertz CT molecular complexity index is 1670. The number of ketones is 1. The first-order chi connectivity index (χ1) is 21.4. The molecular weight excluding hydrogens is 593 g/mol. The van der Waals surface area contributed by atoms with E-state index in [2.05, 4.69) is 49.8 Å². The summed E-state index contributed by atoms with van der Waals surface area (Å²) in [5.74, 6) is 0.000296. The van der Waals surface area contributed by atoms with Crippen LogP contribution in [0.3, 0.4) is 0 Å². The minimum atomic E-state index is -0.0949. The molecule has 2 aliphatic heterocycles. The third kappa shape index (κ3) is 6.71. The summed E-state index contributed by atoms with van der Waals surface area (Å²) in [6.07, 6.45) is 15.2. The molecule has 2 bridgehead atoms. The molecule has 3 aliphatic rings. The molecule has 2 unspecified atom stereocenters. The van der Waals surface area contributed by atoms with Gasteiger partial charge in [0.2, 0.25) is 0 Å². The number of nitrogens with one attached hydrogen (secondary N) is 1. The number of pyridine rings is 1. The van der Waals surface area contributed by atoms with Crippen LogP contribution in [0.5, 0.6) is 0 Å². The fourth-order valence-electron chi connectivity index (χ4n) is 7.01. The van der Waals surface area contributed by atoms with Crippen LogP contribution in [0.15, 0.2) is 60.9 Å². The van der Waals surface area contributed by atoms with Gasteiger partial charge in [-0.2, -0.15) is 0 Å². The van der Waals surface area contributed by atoms with E-state index in [-0.39, 0.29) is 11.7 Å². The van der Waals surface area contributed by atoms with E-state index in [4.69, 9.17) is 23.2 Å². The number of carbonyl (C=O) groups excluding carboxylic acids is 2. The molecule has 0 saturated carbocycles. The van der Waals surface area contributed by atoms with Crippen molar-refractivity contribution in [2.75, 3.05) is 26.2 Å². The highest BCUT2D eigenvalue weighted by Gasteiger charge is 2.39. The lowest BCUT2D eigenvalue weighted by Crippen LogP contribution is -2.54. The van der Waals surface area contributed by atoms with E-state index in [1.54, 1.807) is 24.4 Å². The number of allylic oxidation sites excluding steroid dienone is 2. The number of carbonyl (C=O) groups is 2. The lowest BCUT2D eigenvalue weighted by molar-refractivity contribution is 0.0585. The molecule has 4 heterocycles. The van der Waals surface area contributed by atoms with Gasteiger partial charge in [0.05, 0.1) is 22.2 Å².